The molecule has 2 aliphatic heterocycles. The number of nitrogens with zero attached hydrogens (tertiary/aromatic N) is 5. The lowest BCUT2D eigenvalue weighted by atomic mass is 10.3. The maximum absolute atomic E-state index is 12.3. The Morgan fingerprint density at radius 1 is 1.00 bits per heavy atom. The fraction of sp³-hybridized carbons (Fsp3) is 0.625. The zero-order chi connectivity index (χ0) is 16.9. The van der Waals surface area contributed by atoms with Crippen molar-refractivity contribution in [2.75, 3.05) is 50.8 Å². The molecule has 0 bridgehead atoms. The summed E-state index contributed by atoms with van der Waals surface area (Å²) in [5.74, 6) is 0.690. The van der Waals surface area contributed by atoms with Crippen LogP contribution < -0.4 is 4.90 Å². The summed E-state index contributed by atoms with van der Waals surface area (Å²) in [7, 11) is 0. The van der Waals surface area contributed by atoms with Crippen LogP contribution in [0.3, 0.4) is 0 Å². The fourth-order valence-electron chi connectivity index (χ4n) is 3.02. The van der Waals surface area contributed by atoms with E-state index in [0.29, 0.717) is 38.5 Å². The van der Waals surface area contributed by atoms with Gasteiger partial charge in [0.2, 0.25) is 0 Å². The largest absolute Gasteiger partial charge is 0.450 e. The Hall–Kier alpha value is -2.38. The number of aromatic nitrogens is 2. The molecule has 0 aliphatic carbocycles. The molecule has 0 saturated carbocycles. The number of carbonyl (C=O) groups excluding carboxylic acids is 2. The van der Waals surface area contributed by atoms with Crippen LogP contribution in [0.4, 0.5) is 10.6 Å². The Morgan fingerprint density at radius 2 is 1.71 bits per heavy atom. The van der Waals surface area contributed by atoms with Gasteiger partial charge in [0.15, 0.2) is 11.5 Å². The summed E-state index contributed by atoms with van der Waals surface area (Å²) < 4.78 is 5.01. The van der Waals surface area contributed by atoms with Crippen LogP contribution in [-0.4, -0.2) is 77.9 Å². The number of carbonyl (C=O) groups is 2. The zero-order valence-electron chi connectivity index (χ0n) is 14.0. The third-order valence-electron chi connectivity index (χ3n) is 4.39. The molecule has 3 heterocycles. The minimum atomic E-state index is -0.269. The second-order valence-electron chi connectivity index (χ2n) is 5.95. The summed E-state index contributed by atoms with van der Waals surface area (Å²) in [4.78, 5) is 29.5. The van der Waals surface area contributed by atoms with E-state index < -0.39 is 0 Å². The quantitative estimate of drug-likeness (QED) is 0.821. The molecule has 3 rings (SSSR count). The van der Waals surface area contributed by atoms with Gasteiger partial charge < -0.3 is 19.4 Å². The summed E-state index contributed by atoms with van der Waals surface area (Å²) >= 11 is 0. The average Bonchev–Trinajstić information content (AvgIpc) is 3.16. The third kappa shape index (κ3) is 3.58. The van der Waals surface area contributed by atoms with Crippen LogP contribution in [-0.2, 0) is 4.74 Å². The molecule has 0 spiro atoms. The minimum Gasteiger partial charge on any atom is -0.450 e. The SMILES string of the molecule is CCOC(=O)N1CCN(c2ccc(C(=O)N3CCCC3)nn2)CC1. The molecule has 1 aromatic rings. The normalized spacial score (nSPS) is 18.0. The highest BCUT2D eigenvalue weighted by Gasteiger charge is 2.24. The first-order valence-electron chi connectivity index (χ1n) is 8.48. The molecule has 0 N–H and O–H groups in total. The average molecular weight is 333 g/mol. The summed E-state index contributed by atoms with van der Waals surface area (Å²) in [5.41, 5.74) is 0.394. The van der Waals surface area contributed by atoms with Crippen molar-refractivity contribution in [3.05, 3.63) is 17.8 Å². The van der Waals surface area contributed by atoms with Crippen molar-refractivity contribution in [1.82, 2.24) is 20.0 Å². The molecule has 0 atom stereocenters. The van der Waals surface area contributed by atoms with Crippen LogP contribution in [0, 0.1) is 0 Å². The lowest BCUT2D eigenvalue weighted by Crippen LogP contribution is -2.49. The summed E-state index contributed by atoms with van der Waals surface area (Å²) in [6.07, 6.45) is 1.85. The molecule has 2 amide bonds. The van der Waals surface area contributed by atoms with Gasteiger partial charge in [-0.3, -0.25) is 4.79 Å². The van der Waals surface area contributed by atoms with Crippen LogP contribution in [0.5, 0.6) is 0 Å². The molecule has 2 fully saturated rings. The summed E-state index contributed by atoms with van der Waals surface area (Å²) in [5, 5.41) is 8.29. The van der Waals surface area contributed by atoms with E-state index in [2.05, 4.69) is 15.1 Å². The Labute approximate surface area is 141 Å². The van der Waals surface area contributed by atoms with Crippen molar-refractivity contribution in [3.63, 3.8) is 0 Å². The van der Waals surface area contributed by atoms with Gasteiger partial charge in [-0.15, -0.1) is 10.2 Å². The van der Waals surface area contributed by atoms with Crippen molar-refractivity contribution in [2.45, 2.75) is 19.8 Å². The van der Waals surface area contributed by atoms with Gasteiger partial charge in [-0.2, -0.15) is 0 Å². The van der Waals surface area contributed by atoms with Gasteiger partial charge in [-0.25, -0.2) is 4.79 Å². The van der Waals surface area contributed by atoms with Crippen LogP contribution >= 0.6 is 0 Å². The molecule has 8 heteroatoms. The lowest BCUT2D eigenvalue weighted by Gasteiger charge is -2.34. The van der Waals surface area contributed by atoms with Gasteiger partial charge in [0, 0.05) is 39.3 Å². The first kappa shape index (κ1) is 16.5. The van der Waals surface area contributed by atoms with Crippen molar-refractivity contribution in [3.8, 4) is 0 Å². The molecular formula is C16H23N5O3. The Balaban J connectivity index is 1.56. The highest BCUT2D eigenvalue weighted by molar-refractivity contribution is 5.92. The number of hydrogen-bond donors (Lipinski definition) is 0. The highest BCUT2D eigenvalue weighted by atomic mass is 16.6. The third-order valence-corrected chi connectivity index (χ3v) is 4.39. The van der Waals surface area contributed by atoms with Gasteiger partial charge >= 0.3 is 6.09 Å². The number of hydrogen-bond acceptors (Lipinski definition) is 6. The number of anilines is 1. The van der Waals surface area contributed by atoms with E-state index in [1.807, 2.05) is 11.0 Å². The minimum absolute atomic E-state index is 0.0429. The number of likely N-dealkylation sites (tertiary alicyclic amines) is 1. The predicted molar refractivity (Wildman–Crippen MR) is 88.0 cm³/mol. The summed E-state index contributed by atoms with van der Waals surface area (Å²) in [6.45, 7) is 6.33. The van der Waals surface area contributed by atoms with E-state index >= 15 is 0 Å². The number of ether oxygens (including phenoxy) is 1. The van der Waals surface area contributed by atoms with Gasteiger partial charge in [-0.05, 0) is 31.9 Å². The van der Waals surface area contributed by atoms with E-state index in [9.17, 15) is 9.59 Å². The molecule has 1 aromatic heterocycles. The van der Waals surface area contributed by atoms with Gasteiger partial charge in [-0.1, -0.05) is 0 Å². The zero-order valence-corrected chi connectivity index (χ0v) is 14.0. The molecule has 0 aromatic carbocycles. The maximum Gasteiger partial charge on any atom is 0.409 e. The van der Waals surface area contributed by atoms with Crippen molar-refractivity contribution in [1.29, 1.82) is 0 Å². The molecule has 24 heavy (non-hydrogen) atoms. The molecule has 2 aliphatic rings. The first-order chi connectivity index (χ1) is 11.7. The molecule has 2 saturated heterocycles. The van der Waals surface area contributed by atoms with E-state index in [4.69, 9.17) is 4.74 Å². The fourth-order valence-corrected chi connectivity index (χ4v) is 3.02. The molecule has 0 unspecified atom stereocenters. The Kier molecular flexibility index (Phi) is 5.12. The van der Waals surface area contributed by atoms with Gasteiger partial charge in [0.1, 0.15) is 0 Å². The number of rotatable bonds is 3. The van der Waals surface area contributed by atoms with E-state index in [-0.39, 0.29) is 12.0 Å². The highest BCUT2D eigenvalue weighted by Crippen LogP contribution is 2.15. The van der Waals surface area contributed by atoms with Gasteiger partial charge in [0.25, 0.3) is 5.91 Å². The van der Waals surface area contributed by atoms with Crippen molar-refractivity contribution >= 4 is 17.8 Å². The first-order valence-corrected chi connectivity index (χ1v) is 8.48. The second-order valence-corrected chi connectivity index (χ2v) is 5.95. The topological polar surface area (TPSA) is 78.9 Å². The molecule has 130 valence electrons. The number of amides is 2. The smallest absolute Gasteiger partial charge is 0.409 e. The standard InChI is InChI=1S/C16H23N5O3/c1-2-24-16(23)21-11-9-19(10-12-21)14-6-5-13(17-18-14)15(22)20-7-3-4-8-20/h5-6H,2-4,7-12H2,1H3. The Morgan fingerprint density at radius 3 is 2.29 bits per heavy atom. The van der Waals surface area contributed by atoms with Crippen LogP contribution in [0.1, 0.15) is 30.3 Å². The Bertz CT molecular complexity index is 578. The van der Waals surface area contributed by atoms with E-state index in [1.54, 1.807) is 17.9 Å². The van der Waals surface area contributed by atoms with E-state index in [1.165, 1.54) is 0 Å². The van der Waals surface area contributed by atoms with Gasteiger partial charge in [0.05, 0.1) is 6.61 Å². The maximum atomic E-state index is 12.3. The second kappa shape index (κ2) is 7.46. The molecule has 8 nitrogen and oxygen atoms in total. The van der Waals surface area contributed by atoms with Crippen molar-refractivity contribution in [2.24, 2.45) is 0 Å². The van der Waals surface area contributed by atoms with Crippen molar-refractivity contribution < 1.29 is 14.3 Å². The summed E-state index contributed by atoms with van der Waals surface area (Å²) in [6, 6.07) is 3.57. The number of piperazine rings is 1. The van der Waals surface area contributed by atoms with Crippen LogP contribution in [0.2, 0.25) is 0 Å². The van der Waals surface area contributed by atoms with Crippen LogP contribution in [0.15, 0.2) is 12.1 Å². The predicted octanol–water partition coefficient (Wildman–Crippen LogP) is 0.991. The monoisotopic (exact) mass is 333 g/mol. The lowest BCUT2D eigenvalue weighted by molar-refractivity contribution is 0.0785. The van der Waals surface area contributed by atoms with Crippen LogP contribution in [0.25, 0.3) is 0 Å². The molecular weight excluding hydrogens is 310 g/mol. The molecule has 0 radical (unpaired) electrons. The van der Waals surface area contributed by atoms with E-state index in [0.717, 1.165) is 31.7 Å².